The van der Waals surface area contributed by atoms with E-state index in [1.807, 2.05) is 6.92 Å². The molecule has 2 aromatic rings. The Labute approximate surface area is 323 Å². The minimum absolute atomic E-state index is 0.103. The van der Waals surface area contributed by atoms with Crippen LogP contribution in [0, 0.1) is 81.1 Å². The van der Waals surface area contributed by atoms with Crippen LogP contribution in [0.1, 0.15) is 129 Å². The highest BCUT2D eigenvalue weighted by Crippen LogP contribution is 2.72. The maximum atomic E-state index is 15.0. The Morgan fingerprint density at radius 3 is 2.40 bits per heavy atom. The highest BCUT2D eigenvalue weighted by Gasteiger charge is 2.66. The molecular formula is C45H59F2N3O5. The highest BCUT2D eigenvalue weighted by atomic mass is 19.1. The van der Waals surface area contributed by atoms with Crippen LogP contribution in [0.3, 0.4) is 0 Å². The van der Waals surface area contributed by atoms with Gasteiger partial charge in [-0.05, 0) is 148 Å². The third-order valence-electron chi connectivity index (χ3n) is 17.8. The predicted octanol–water partition coefficient (Wildman–Crippen LogP) is 9.36. The van der Waals surface area contributed by atoms with Crippen molar-refractivity contribution in [2.24, 2.45) is 69.5 Å². The van der Waals surface area contributed by atoms with Gasteiger partial charge in [-0.1, -0.05) is 34.1 Å². The number of nitrogens with one attached hydrogen (secondary N) is 1. The first-order chi connectivity index (χ1) is 26.3. The summed E-state index contributed by atoms with van der Waals surface area (Å²) in [6.07, 6.45) is 15.5. The largest absolute Gasteiger partial charge is 0.481 e. The van der Waals surface area contributed by atoms with Crippen LogP contribution in [0.15, 0.2) is 24.4 Å². The van der Waals surface area contributed by atoms with Crippen molar-refractivity contribution in [3.05, 3.63) is 41.9 Å². The number of nitrogens with zero attached hydrogens (tertiary/aromatic N) is 2. The number of carbonyl (C=O) groups is 3. The molecular weight excluding hydrogens is 701 g/mol. The summed E-state index contributed by atoms with van der Waals surface area (Å²) in [5.74, 6) is 0.724. The van der Waals surface area contributed by atoms with Gasteiger partial charge in [-0.2, -0.15) is 0 Å². The second-order valence-electron chi connectivity index (χ2n) is 19.7. The zero-order chi connectivity index (χ0) is 38.6. The number of amides is 1. The van der Waals surface area contributed by atoms with Crippen molar-refractivity contribution in [2.45, 2.75) is 130 Å². The summed E-state index contributed by atoms with van der Waals surface area (Å²) in [6.45, 7) is 10.0. The molecule has 7 aliphatic rings. The molecule has 6 aliphatic carbocycles. The number of hydrogen-bond acceptors (Lipinski definition) is 5. The maximum Gasteiger partial charge on any atom is 0.309 e. The van der Waals surface area contributed by atoms with Gasteiger partial charge in [-0.25, -0.2) is 13.8 Å². The maximum absolute atomic E-state index is 15.0. The third kappa shape index (κ3) is 5.59. The van der Waals surface area contributed by atoms with Crippen molar-refractivity contribution in [3.8, 4) is 11.3 Å². The molecule has 298 valence electrons. The summed E-state index contributed by atoms with van der Waals surface area (Å²) in [6, 6.07) is 3.40. The number of likely N-dealkylation sites (tertiary alicyclic amines) is 1. The van der Waals surface area contributed by atoms with Gasteiger partial charge in [-0.15, -0.1) is 0 Å². The number of benzene rings is 1. The molecule has 9 rings (SSSR count). The van der Waals surface area contributed by atoms with Gasteiger partial charge in [0.05, 0.1) is 35.2 Å². The Bertz CT molecular complexity index is 1870. The van der Waals surface area contributed by atoms with Gasteiger partial charge in [-0.3, -0.25) is 14.4 Å². The average molecular weight is 760 g/mol. The number of carboxylic acids is 1. The zero-order valence-corrected chi connectivity index (χ0v) is 33.0. The number of fused-ring (bicyclic) bond motifs is 7. The third-order valence-corrected chi connectivity index (χ3v) is 17.8. The normalized spacial score (nSPS) is 43.4. The molecule has 0 spiro atoms. The van der Waals surface area contributed by atoms with Gasteiger partial charge in [0.1, 0.15) is 23.6 Å². The number of carbonyl (C=O) groups excluding carboxylic acids is 2. The van der Waals surface area contributed by atoms with E-state index >= 15 is 4.79 Å². The Kier molecular flexibility index (Phi) is 9.08. The van der Waals surface area contributed by atoms with Crippen LogP contribution in [0.4, 0.5) is 8.78 Å². The topological polar surface area (TPSA) is 113 Å². The number of aliphatic carboxylic acids is 1. The molecule has 6 saturated carbocycles. The van der Waals surface area contributed by atoms with E-state index in [0.29, 0.717) is 60.0 Å². The molecule has 0 radical (unpaired) electrons. The van der Waals surface area contributed by atoms with E-state index in [-0.39, 0.29) is 57.7 Å². The number of rotatable bonds is 6. The van der Waals surface area contributed by atoms with Gasteiger partial charge in [0.25, 0.3) is 0 Å². The molecule has 1 saturated heterocycles. The number of hydrogen-bond donors (Lipinski definition) is 2. The Balaban J connectivity index is 0.896. The van der Waals surface area contributed by atoms with Crippen LogP contribution in [-0.2, 0) is 19.1 Å². The van der Waals surface area contributed by atoms with Gasteiger partial charge >= 0.3 is 11.9 Å². The van der Waals surface area contributed by atoms with E-state index < -0.39 is 23.5 Å². The van der Waals surface area contributed by atoms with Gasteiger partial charge in [0.2, 0.25) is 5.91 Å². The molecule has 55 heavy (non-hydrogen) atoms. The number of aromatic nitrogens is 2. The fourth-order valence-corrected chi connectivity index (χ4v) is 14.9. The van der Waals surface area contributed by atoms with Crippen molar-refractivity contribution in [3.63, 3.8) is 0 Å². The molecule has 1 aromatic heterocycles. The van der Waals surface area contributed by atoms with E-state index in [0.717, 1.165) is 70.3 Å². The van der Waals surface area contributed by atoms with Crippen molar-refractivity contribution in [1.29, 1.82) is 0 Å². The molecule has 10 heteroatoms. The molecule has 1 aromatic carbocycles. The Hall–Kier alpha value is -3.30. The van der Waals surface area contributed by atoms with Crippen LogP contribution < -0.4 is 0 Å². The minimum atomic E-state index is -0.814. The number of imidazole rings is 1. The summed E-state index contributed by atoms with van der Waals surface area (Å²) in [7, 11) is 0. The van der Waals surface area contributed by atoms with Crippen LogP contribution in [-0.4, -0.2) is 50.5 Å². The summed E-state index contributed by atoms with van der Waals surface area (Å²) < 4.78 is 34.5. The van der Waals surface area contributed by atoms with Crippen molar-refractivity contribution < 1.29 is 33.0 Å². The first kappa shape index (κ1) is 37.3. The molecule has 1 aliphatic heterocycles. The summed E-state index contributed by atoms with van der Waals surface area (Å²) in [5, 5.41) is 9.44. The van der Waals surface area contributed by atoms with Crippen LogP contribution in [0.25, 0.3) is 11.3 Å². The zero-order valence-electron chi connectivity index (χ0n) is 33.0. The standard InChI is InChI=1S/C45H59F2N3O5/c1-24-29(40(51)52)22-30(24)41(53)55-37-15-18-43(3)31(25(37)2)13-17-44(4)32-14-19-45(16-5-7-33(45)27(32)11-12-38(43)44)42(54)50-20-6-8-36(50)39-48-23-35(49-39)28-10-9-26(46)21-34(28)47/h9-10,21,23-25,27,29-33,36-38H,5-8,11-20,22H2,1-4H3,(H,48,49)(H,51,52). The summed E-state index contributed by atoms with van der Waals surface area (Å²) >= 11 is 0. The quantitative estimate of drug-likeness (QED) is 0.284. The summed E-state index contributed by atoms with van der Waals surface area (Å²) in [4.78, 5) is 49.8. The number of esters is 1. The fourth-order valence-electron chi connectivity index (χ4n) is 14.9. The predicted molar refractivity (Wildman–Crippen MR) is 202 cm³/mol. The molecule has 7 fully saturated rings. The van der Waals surface area contributed by atoms with Gasteiger partial charge in [0.15, 0.2) is 0 Å². The molecule has 14 atom stereocenters. The second kappa shape index (κ2) is 13.4. The number of carboxylic acid groups (broad SMARTS) is 1. The fraction of sp³-hybridized carbons (Fsp3) is 0.733. The molecule has 2 heterocycles. The first-order valence-electron chi connectivity index (χ1n) is 21.5. The smallest absolute Gasteiger partial charge is 0.309 e. The lowest BCUT2D eigenvalue weighted by Gasteiger charge is -2.67. The minimum Gasteiger partial charge on any atom is -0.481 e. The van der Waals surface area contributed by atoms with Crippen molar-refractivity contribution >= 4 is 17.8 Å². The lowest BCUT2D eigenvalue weighted by molar-refractivity contribution is -0.206. The van der Waals surface area contributed by atoms with E-state index in [1.165, 1.54) is 31.4 Å². The lowest BCUT2D eigenvalue weighted by atomic mass is 9.37. The second-order valence-corrected chi connectivity index (χ2v) is 19.7. The SMILES string of the molecule is CC1C(C(=O)O)CC1C(=O)OC1CCC2(C)C(CCC3(C)C4CCC5(C(=O)N6CCCC6c6ncc(-c7ccc(F)cc7F)[nH]6)CCCC5C4CCC23)C1C. The van der Waals surface area contributed by atoms with Crippen LogP contribution in [0.2, 0.25) is 0 Å². The lowest BCUT2D eigenvalue weighted by Crippen LogP contribution is -2.62. The van der Waals surface area contributed by atoms with Crippen molar-refractivity contribution in [2.75, 3.05) is 6.54 Å². The molecule has 8 nitrogen and oxygen atoms in total. The average Bonchev–Trinajstić information content (AvgIpc) is 3.92. The molecule has 2 N–H and O–H groups in total. The number of halogens is 2. The van der Waals surface area contributed by atoms with Crippen LogP contribution in [0.5, 0.6) is 0 Å². The number of H-pyrrole nitrogens is 1. The van der Waals surface area contributed by atoms with Gasteiger partial charge in [0, 0.05) is 18.2 Å². The van der Waals surface area contributed by atoms with Gasteiger partial charge < -0.3 is 19.7 Å². The van der Waals surface area contributed by atoms with E-state index in [9.17, 15) is 23.5 Å². The van der Waals surface area contributed by atoms with E-state index in [1.54, 1.807) is 6.20 Å². The van der Waals surface area contributed by atoms with Crippen LogP contribution >= 0.6 is 0 Å². The van der Waals surface area contributed by atoms with Crippen molar-refractivity contribution in [1.82, 2.24) is 14.9 Å². The molecule has 14 unspecified atom stereocenters. The molecule has 1 amide bonds. The number of aromatic amines is 1. The summed E-state index contributed by atoms with van der Waals surface area (Å²) in [5.41, 5.74) is 0.850. The number of ether oxygens (including phenoxy) is 1. The first-order valence-corrected chi connectivity index (χ1v) is 21.5. The highest BCUT2D eigenvalue weighted by molar-refractivity contribution is 5.84. The molecule has 0 bridgehead atoms. The van der Waals surface area contributed by atoms with E-state index in [4.69, 9.17) is 4.74 Å². The van der Waals surface area contributed by atoms with E-state index in [2.05, 4.69) is 35.6 Å². The Morgan fingerprint density at radius 2 is 1.64 bits per heavy atom. The monoisotopic (exact) mass is 759 g/mol. The Morgan fingerprint density at radius 1 is 0.873 bits per heavy atom.